The van der Waals surface area contributed by atoms with E-state index < -0.39 is 5.97 Å². The van der Waals surface area contributed by atoms with Crippen molar-refractivity contribution in [3.8, 4) is 0 Å². The first-order valence-corrected chi connectivity index (χ1v) is 6.75. The van der Waals surface area contributed by atoms with Crippen molar-refractivity contribution < 1.29 is 9.90 Å². The highest BCUT2D eigenvalue weighted by atomic mass is 32.1. The Bertz CT molecular complexity index is 758. The quantitative estimate of drug-likeness (QED) is 0.796. The highest BCUT2D eigenvalue weighted by Crippen LogP contribution is 2.22. The van der Waals surface area contributed by atoms with E-state index in [-0.39, 0.29) is 0 Å². The van der Waals surface area contributed by atoms with Crippen LogP contribution in [-0.4, -0.2) is 20.6 Å². The zero-order valence-corrected chi connectivity index (χ0v) is 11.1. The van der Waals surface area contributed by atoms with Crippen molar-refractivity contribution >= 4 is 28.2 Å². The SMILES string of the molecule is Cc1csc(Cn2c(C(=O)O)cc3ccccc32)n1. The zero-order valence-electron chi connectivity index (χ0n) is 10.3. The average Bonchev–Trinajstić information content (AvgIpc) is 2.95. The minimum atomic E-state index is -0.913. The molecule has 0 atom stereocenters. The maximum absolute atomic E-state index is 11.3. The molecule has 5 heteroatoms. The molecular weight excluding hydrogens is 260 g/mol. The zero-order chi connectivity index (χ0) is 13.4. The number of aromatic nitrogens is 2. The van der Waals surface area contributed by atoms with E-state index in [0.717, 1.165) is 21.6 Å². The summed E-state index contributed by atoms with van der Waals surface area (Å²) in [6.45, 7) is 2.43. The standard InChI is InChI=1S/C14H12N2O2S/c1-9-8-19-13(15-9)7-16-11-5-3-2-4-10(11)6-12(16)14(17)18/h2-6,8H,7H2,1H3,(H,17,18). The maximum atomic E-state index is 11.3. The number of rotatable bonds is 3. The summed E-state index contributed by atoms with van der Waals surface area (Å²) in [4.78, 5) is 15.7. The van der Waals surface area contributed by atoms with Crippen LogP contribution in [0.25, 0.3) is 10.9 Å². The van der Waals surface area contributed by atoms with Gasteiger partial charge in [0.25, 0.3) is 0 Å². The van der Waals surface area contributed by atoms with E-state index in [2.05, 4.69) is 4.98 Å². The van der Waals surface area contributed by atoms with Gasteiger partial charge in [-0.15, -0.1) is 11.3 Å². The molecule has 0 aliphatic rings. The summed E-state index contributed by atoms with van der Waals surface area (Å²) in [5.74, 6) is -0.913. The Morgan fingerprint density at radius 1 is 1.42 bits per heavy atom. The van der Waals surface area contributed by atoms with Gasteiger partial charge in [-0.3, -0.25) is 0 Å². The van der Waals surface area contributed by atoms with E-state index in [1.54, 1.807) is 22.0 Å². The molecule has 0 radical (unpaired) electrons. The van der Waals surface area contributed by atoms with Crippen molar-refractivity contribution in [3.63, 3.8) is 0 Å². The number of hydrogen-bond acceptors (Lipinski definition) is 3. The molecule has 19 heavy (non-hydrogen) atoms. The Morgan fingerprint density at radius 3 is 2.89 bits per heavy atom. The van der Waals surface area contributed by atoms with E-state index in [9.17, 15) is 9.90 Å². The summed E-state index contributed by atoms with van der Waals surface area (Å²) in [6, 6.07) is 9.38. The van der Waals surface area contributed by atoms with Crippen LogP contribution >= 0.6 is 11.3 Å². The molecule has 0 spiro atoms. The van der Waals surface area contributed by atoms with Gasteiger partial charge in [-0.1, -0.05) is 18.2 Å². The normalized spacial score (nSPS) is 11.0. The van der Waals surface area contributed by atoms with Gasteiger partial charge in [0.1, 0.15) is 10.7 Å². The Hall–Kier alpha value is -2.14. The van der Waals surface area contributed by atoms with Crippen molar-refractivity contribution in [2.75, 3.05) is 0 Å². The number of hydrogen-bond donors (Lipinski definition) is 1. The Balaban J connectivity index is 2.14. The van der Waals surface area contributed by atoms with Crippen LogP contribution in [0, 0.1) is 6.92 Å². The van der Waals surface area contributed by atoms with Crippen LogP contribution in [0.2, 0.25) is 0 Å². The van der Waals surface area contributed by atoms with Crippen LogP contribution in [0.4, 0.5) is 0 Å². The van der Waals surface area contributed by atoms with Crippen LogP contribution in [0.1, 0.15) is 21.2 Å². The Kier molecular flexibility index (Phi) is 2.83. The average molecular weight is 272 g/mol. The summed E-state index contributed by atoms with van der Waals surface area (Å²) in [7, 11) is 0. The van der Waals surface area contributed by atoms with E-state index in [1.165, 1.54) is 0 Å². The number of benzene rings is 1. The molecule has 3 aromatic rings. The molecule has 0 amide bonds. The van der Waals surface area contributed by atoms with Gasteiger partial charge in [-0.25, -0.2) is 9.78 Å². The largest absolute Gasteiger partial charge is 0.477 e. The van der Waals surface area contributed by atoms with Gasteiger partial charge in [0.05, 0.1) is 6.54 Å². The second kappa shape index (κ2) is 4.51. The lowest BCUT2D eigenvalue weighted by Crippen LogP contribution is -2.09. The lowest BCUT2D eigenvalue weighted by molar-refractivity contribution is 0.0686. The topological polar surface area (TPSA) is 55.1 Å². The lowest BCUT2D eigenvalue weighted by Gasteiger charge is -2.05. The molecule has 1 aromatic carbocycles. The van der Waals surface area contributed by atoms with Gasteiger partial charge < -0.3 is 9.67 Å². The third-order valence-electron chi connectivity index (χ3n) is 2.99. The highest BCUT2D eigenvalue weighted by Gasteiger charge is 2.15. The maximum Gasteiger partial charge on any atom is 0.352 e. The van der Waals surface area contributed by atoms with Crippen LogP contribution in [0.15, 0.2) is 35.7 Å². The van der Waals surface area contributed by atoms with Gasteiger partial charge in [0.2, 0.25) is 0 Å². The molecule has 2 aromatic heterocycles. The highest BCUT2D eigenvalue weighted by molar-refractivity contribution is 7.09. The van der Waals surface area contributed by atoms with Gasteiger partial charge in [0.15, 0.2) is 0 Å². The first kappa shape index (κ1) is 11.9. The van der Waals surface area contributed by atoms with E-state index in [0.29, 0.717) is 12.2 Å². The van der Waals surface area contributed by atoms with E-state index >= 15 is 0 Å². The molecule has 0 unspecified atom stereocenters. The Labute approximate surface area is 113 Å². The number of nitrogens with zero attached hydrogens (tertiary/aromatic N) is 2. The van der Waals surface area contributed by atoms with Crippen LogP contribution in [0.5, 0.6) is 0 Å². The monoisotopic (exact) mass is 272 g/mol. The Morgan fingerprint density at radius 2 is 2.21 bits per heavy atom. The minimum Gasteiger partial charge on any atom is -0.477 e. The summed E-state index contributed by atoms with van der Waals surface area (Å²) < 4.78 is 1.80. The fourth-order valence-corrected chi connectivity index (χ4v) is 2.93. The molecule has 0 saturated heterocycles. The predicted octanol–water partition coefficient (Wildman–Crippen LogP) is 3.15. The third-order valence-corrected chi connectivity index (χ3v) is 3.94. The number of fused-ring (bicyclic) bond motifs is 1. The minimum absolute atomic E-state index is 0.300. The number of aryl methyl sites for hydroxylation is 1. The fraction of sp³-hybridized carbons (Fsp3) is 0.143. The molecule has 1 N–H and O–H groups in total. The van der Waals surface area contributed by atoms with Crippen molar-refractivity contribution in [3.05, 3.63) is 52.1 Å². The molecule has 3 rings (SSSR count). The summed E-state index contributed by atoms with van der Waals surface area (Å²) in [5.41, 5.74) is 2.19. The first-order chi connectivity index (χ1) is 9.15. The van der Waals surface area contributed by atoms with Gasteiger partial charge in [0, 0.05) is 22.0 Å². The number of aromatic carboxylic acids is 1. The number of para-hydroxylation sites is 1. The van der Waals surface area contributed by atoms with Crippen molar-refractivity contribution in [1.29, 1.82) is 0 Å². The fourth-order valence-electron chi connectivity index (χ4n) is 2.17. The van der Waals surface area contributed by atoms with Crippen LogP contribution in [0.3, 0.4) is 0 Å². The molecule has 0 aliphatic heterocycles. The van der Waals surface area contributed by atoms with Gasteiger partial charge in [-0.05, 0) is 19.1 Å². The van der Waals surface area contributed by atoms with Crippen LogP contribution < -0.4 is 0 Å². The van der Waals surface area contributed by atoms with E-state index in [4.69, 9.17) is 0 Å². The van der Waals surface area contributed by atoms with Crippen molar-refractivity contribution in [2.24, 2.45) is 0 Å². The summed E-state index contributed by atoms with van der Waals surface area (Å²) >= 11 is 1.55. The molecular formula is C14H12N2O2S. The third kappa shape index (κ3) is 2.13. The molecule has 0 fully saturated rings. The molecule has 4 nitrogen and oxygen atoms in total. The second-order valence-corrected chi connectivity index (χ2v) is 5.30. The van der Waals surface area contributed by atoms with Crippen molar-refractivity contribution in [1.82, 2.24) is 9.55 Å². The second-order valence-electron chi connectivity index (χ2n) is 4.36. The van der Waals surface area contributed by atoms with Crippen LogP contribution in [-0.2, 0) is 6.54 Å². The molecule has 0 bridgehead atoms. The van der Waals surface area contributed by atoms with Gasteiger partial charge >= 0.3 is 5.97 Å². The molecule has 0 aliphatic carbocycles. The van der Waals surface area contributed by atoms with Crippen molar-refractivity contribution in [2.45, 2.75) is 13.5 Å². The number of carboxylic acids is 1. The lowest BCUT2D eigenvalue weighted by atomic mass is 10.2. The smallest absolute Gasteiger partial charge is 0.352 e. The number of carbonyl (C=O) groups is 1. The molecule has 2 heterocycles. The number of thiazole rings is 1. The summed E-state index contributed by atoms with van der Waals surface area (Å²) in [6.07, 6.45) is 0. The molecule has 0 saturated carbocycles. The number of carboxylic acid groups (broad SMARTS) is 1. The van der Waals surface area contributed by atoms with E-state index in [1.807, 2.05) is 36.6 Å². The summed E-state index contributed by atoms with van der Waals surface area (Å²) in [5, 5.41) is 13.1. The first-order valence-electron chi connectivity index (χ1n) is 5.88. The predicted molar refractivity (Wildman–Crippen MR) is 74.9 cm³/mol. The van der Waals surface area contributed by atoms with Gasteiger partial charge in [-0.2, -0.15) is 0 Å². The molecule has 96 valence electrons.